The number of alkyl halides is 2. The number of halogens is 3. The van der Waals surface area contributed by atoms with E-state index >= 15 is 0 Å². The molecule has 0 radical (unpaired) electrons. The molecule has 0 saturated heterocycles. The summed E-state index contributed by atoms with van der Waals surface area (Å²) in [5, 5.41) is 5.44. The summed E-state index contributed by atoms with van der Waals surface area (Å²) in [6.07, 6.45) is 0. The fraction of sp³-hybridized carbons (Fsp3) is 0.286. The van der Waals surface area contributed by atoms with E-state index in [4.69, 9.17) is 0 Å². The van der Waals surface area contributed by atoms with Crippen molar-refractivity contribution in [2.75, 3.05) is 0 Å². The lowest BCUT2D eigenvalue weighted by Gasteiger charge is -2.12. The highest BCUT2D eigenvalue weighted by atomic mass is 79.9. The molecule has 0 bridgehead atoms. The van der Waals surface area contributed by atoms with Crippen LogP contribution in [0.1, 0.15) is 23.4 Å². The summed E-state index contributed by atoms with van der Waals surface area (Å²) < 4.78 is 29.4. The first-order chi connectivity index (χ1) is 9.54. The van der Waals surface area contributed by atoms with Gasteiger partial charge in [0.15, 0.2) is 0 Å². The van der Waals surface area contributed by atoms with E-state index in [9.17, 15) is 8.78 Å². The topological polar surface area (TPSA) is 21.3 Å². The number of nitrogens with one attached hydrogen (secondary N) is 1. The van der Waals surface area contributed by atoms with Gasteiger partial charge in [0.2, 0.25) is 0 Å². The summed E-state index contributed by atoms with van der Waals surface area (Å²) in [5.74, 6) is 0.180. The molecule has 1 unspecified atom stereocenters. The van der Waals surface area contributed by atoms with Crippen LogP contribution in [0.4, 0.5) is 8.78 Å². The van der Waals surface area contributed by atoms with Crippen LogP contribution < -0.4 is 10.1 Å². The first kappa shape index (κ1) is 15.4. The van der Waals surface area contributed by atoms with Crippen LogP contribution in [0.15, 0.2) is 40.2 Å². The van der Waals surface area contributed by atoms with Crippen molar-refractivity contribution in [1.82, 2.24) is 5.32 Å². The number of thiophene rings is 1. The summed E-state index contributed by atoms with van der Waals surface area (Å²) in [6.45, 7) is -0.0191. The van der Waals surface area contributed by atoms with Gasteiger partial charge in [-0.15, -0.1) is 11.3 Å². The summed E-state index contributed by atoms with van der Waals surface area (Å²) >= 11 is 5.12. The van der Waals surface area contributed by atoms with Gasteiger partial charge in [-0.05, 0) is 46.6 Å². The van der Waals surface area contributed by atoms with Gasteiger partial charge in [-0.1, -0.05) is 12.1 Å². The molecule has 1 aromatic carbocycles. The van der Waals surface area contributed by atoms with Crippen molar-refractivity contribution in [3.63, 3.8) is 0 Å². The summed E-state index contributed by atoms with van der Waals surface area (Å²) in [7, 11) is 0. The molecule has 1 N–H and O–H groups in total. The van der Waals surface area contributed by atoms with Crippen LogP contribution in [0.5, 0.6) is 5.75 Å². The highest BCUT2D eigenvalue weighted by molar-refractivity contribution is 9.10. The Morgan fingerprint density at radius 3 is 2.55 bits per heavy atom. The van der Waals surface area contributed by atoms with Crippen molar-refractivity contribution in [2.45, 2.75) is 26.1 Å². The van der Waals surface area contributed by atoms with Crippen molar-refractivity contribution in [3.05, 3.63) is 50.6 Å². The number of hydrogen-bond acceptors (Lipinski definition) is 3. The van der Waals surface area contributed by atoms with Crippen LogP contribution >= 0.6 is 27.3 Å². The Morgan fingerprint density at radius 1 is 1.30 bits per heavy atom. The SMILES string of the molecule is CC(NCc1ccc(OC(F)F)cc1)c1cc(Br)cs1. The molecule has 0 aliphatic rings. The predicted octanol–water partition coefficient (Wildman–Crippen LogP) is 4.96. The lowest BCUT2D eigenvalue weighted by molar-refractivity contribution is -0.0498. The minimum atomic E-state index is -2.78. The third-order valence-corrected chi connectivity index (χ3v) is 4.65. The van der Waals surface area contributed by atoms with Crippen LogP contribution in [-0.4, -0.2) is 6.61 Å². The van der Waals surface area contributed by atoms with E-state index in [2.05, 4.69) is 39.0 Å². The number of rotatable bonds is 6. The van der Waals surface area contributed by atoms with E-state index in [0.717, 1.165) is 10.0 Å². The molecular weight excluding hydrogens is 348 g/mol. The van der Waals surface area contributed by atoms with E-state index in [1.54, 1.807) is 35.6 Å². The van der Waals surface area contributed by atoms with Crippen molar-refractivity contribution < 1.29 is 13.5 Å². The van der Waals surface area contributed by atoms with Gasteiger partial charge in [-0.2, -0.15) is 8.78 Å². The average Bonchev–Trinajstić information content (AvgIpc) is 2.84. The zero-order chi connectivity index (χ0) is 14.5. The van der Waals surface area contributed by atoms with Gasteiger partial charge in [0.05, 0.1) is 0 Å². The van der Waals surface area contributed by atoms with Crippen LogP contribution in [0.3, 0.4) is 0 Å². The normalized spacial score (nSPS) is 12.7. The maximum absolute atomic E-state index is 12.0. The van der Waals surface area contributed by atoms with E-state index in [1.807, 2.05) is 5.38 Å². The van der Waals surface area contributed by atoms with Crippen LogP contribution in [0, 0.1) is 0 Å². The highest BCUT2D eigenvalue weighted by Crippen LogP contribution is 2.25. The average molecular weight is 362 g/mol. The second-order valence-corrected chi connectivity index (χ2v) is 6.15. The van der Waals surface area contributed by atoms with Gasteiger partial charge in [-0.25, -0.2) is 0 Å². The fourth-order valence-electron chi connectivity index (χ4n) is 1.72. The molecule has 0 aliphatic carbocycles. The number of benzene rings is 1. The zero-order valence-corrected chi connectivity index (χ0v) is 13.2. The molecule has 2 aromatic rings. The van der Waals surface area contributed by atoms with Crippen molar-refractivity contribution in [1.29, 1.82) is 0 Å². The lowest BCUT2D eigenvalue weighted by Crippen LogP contribution is -2.17. The van der Waals surface area contributed by atoms with Crippen molar-refractivity contribution in [2.24, 2.45) is 0 Å². The van der Waals surface area contributed by atoms with Gasteiger partial charge in [0.1, 0.15) is 5.75 Å². The third-order valence-electron chi connectivity index (χ3n) is 2.78. The Kier molecular flexibility index (Phi) is 5.51. The van der Waals surface area contributed by atoms with Crippen molar-refractivity contribution in [3.8, 4) is 5.75 Å². The second-order valence-electron chi connectivity index (χ2n) is 4.29. The molecule has 2 rings (SSSR count). The smallest absolute Gasteiger partial charge is 0.387 e. The maximum atomic E-state index is 12.0. The van der Waals surface area contributed by atoms with Gasteiger partial charge in [0, 0.05) is 27.3 Å². The lowest BCUT2D eigenvalue weighted by atomic mass is 10.2. The van der Waals surface area contributed by atoms with Crippen LogP contribution in [-0.2, 0) is 6.54 Å². The first-order valence-corrected chi connectivity index (χ1v) is 7.73. The Hall–Kier alpha value is -0.980. The van der Waals surface area contributed by atoms with Gasteiger partial charge < -0.3 is 10.1 Å². The molecular formula is C14H14BrF2NOS. The Balaban J connectivity index is 1.87. The molecule has 1 aromatic heterocycles. The monoisotopic (exact) mass is 361 g/mol. The third kappa shape index (κ3) is 4.54. The molecule has 0 fully saturated rings. The summed E-state index contributed by atoms with van der Waals surface area (Å²) in [4.78, 5) is 1.24. The molecule has 0 amide bonds. The van der Waals surface area contributed by atoms with Gasteiger partial charge in [-0.3, -0.25) is 0 Å². The first-order valence-electron chi connectivity index (χ1n) is 6.05. The Labute approximate surface area is 128 Å². The molecule has 0 aliphatic heterocycles. The molecule has 6 heteroatoms. The van der Waals surface area contributed by atoms with E-state index in [1.165, 1.54) is 4.88 Å². The number of ether oxygens (including phenoxy) is 1. The standard InChI is InChI=1S/C14H14BrF2NOS/c1-9(13-6-11(15)8-20-13)18-7-10-2-4-12(5-3-10)19-14(16)17/h2-6,8-9,14,18H,7H2,1H3. The van der Waals surface area contributed by atoms with Crippen molar-refractivity contribution >= 4 is 27.3 Å². The quantitative estimate of drug-likeness (QED) is 0.784. The molecule has 2 nitrogen and oxygen atoms in total. The minimum absolute atomic E-state index is 0.180. The minimum Gasteiger partial charge on any atom is -0.435 e. The van der Waals surface area contributed by atoms with E-state index in [0.29, 0.717) is 6.54 Å². The van der Waals surface area contributed by atoms with Crippen LogP contribution in [0.25, 0.3) is 0 Å². The molecule has 20 heavy (non-hydrogen) atoms. The van der Waals surface area contributed by atoms with E-state index < -0.39 is 6.61 Å². The Morgan fingerprint density at radius 2 is 2.00 bits per heavy atom. The molecule has 1 atom stereocenters. The molecule has 108 valence electrons. The Bertz CT molecular complexity index is 544. The fourth-order valence-corrected chi connectivity index (χ4v) is 3.19. The largest absolute Gasteiger partial charge is 0.435 e. The van der Waals surface area contributed by atoms with Crippen LogP contribution in [0.2, 0.25) is 0 Å². The molecule has 0 spiro atoms. The molecule has 0 saturated carbocycles. The zero-order valence-electron chi connectivity index (χ0n) is 10.8. The second kappa shape index (κ2) is 7.15. The van der Waals surface area contributed by atoms with Gasteiger partial charge >= 0.3 is 6.61 Å². The maximum Gasteiger partial charge on any atom is 0.387 e. The predicted molar refractivity (Wildman–Crippen MR) is 80.3 cm³/mol. The summed E-state index contributed by atoms with van der Waals surface area (Å²) in [5.41, 5.74) is 1.02. The molecule has 1 heterocycles. The van der Waals surface area contributed by atoms with Gasteiger partial charge in [0.25, 0.3) is 0 Å². The highest BCUT2D eigenvalue weighted by Gasteiger charge is 2.08. The van der Waals surface area contributed by atoms with E-state index in [-0.39, 0.29) is 11.8 Å². The summed E-state index contributed by atoms with van der Waals surface area (Å²) in [6, 6.07) is 8.99. The number of hydrogen-bond donors (Lipinski definition) is 1.